The zero-order valence-electron chi connectivity index (χ0n) is 5.23. The normalized spacial score (nSPS) is 8.56. The molecule has 1 radical (unpaired) electrons. The number of hydrogen-bond acceptors (Lipinski definition) is 2. The summed E-state index contributed by atoms with van der Waals surface area (Å²) in [4.78, 5) is 20.1. The molecule has 51 valence electrons. The summed E-state index contributed by atoms with van der Waals surface area (Å²) in [6.45, 7) is 1.64. The fourth-order valence-electron chi connectivity index (χ4n) is 0.352. The molecule has 0 saturated heterocycles. The van der Waals surface area contributed by atoms with E-state index in [-0.39, 0.29) is 18.9 Å². The highest BCUT2D eigenvalue weighted by atomic mass is 16.2. The van der Waals surface area contributed by atoms with Gasteiger partial charge in [0, 0.05) is 19.9 Å². The lowest BCUT2D eigenvalue weighted by Gasteiger charge is -1.95. The van der Waals surface area contributed by atoms with Gasteiger partial charge in [-0.2, -0.15) is 0 Å². The van der Waals surface area contributed by atoms with E-state index in [1.54, 1.807) is 0 Å². The highest BCUT2D eigenvalue weighted by Crippen LogP contribution is 1.72. The molecule has 2 amide bonds. The van der Waals surface area contributed by atoms with Crippen LogP contribution in [0.4, 0.5) is 0 Å². The van der Waals surface area contributed by atoms with Crippen molar-refractivity contribution in [1.29, 1.82) is 0 Å². The molecule has 0 spiro atoms. The molecule has 2 N–H and O–H groups in total. The predicted octanol–water partition coefficient (Wildman–Crippen LogP) is -0.678. The molecule has 0 aliphatic heterocycles. The van der Waals surface area contributed by atoms with Crippen molar-refractivity contribution in [2.75, 3.05) is 6.54 Å². The molecule has 0 atom stereocenters. The Morgan fingerprint density at radius 2 is 2.11 bits per heavy atom. The SMILES string of the molecule is CC(=O)NCCC([NH])=O. The van der Waals surface area contributed by atoms with Crippen LogP contribution in [0.5, 0.6) is 0 Å². The van der Waals surface area contributed by atoms with Crippen LogP contribution >= 0.6 is 0 Å². The number of carbonyl (C=O) groups is 2. The highest BCUT2D eigenvalue weighted by Gasteiger charge is 1.94. The molecule has 0 aliphatic rings. The Morgan fingerprint density at radius 3 is 2.44 bits per heavy atom. The Kier molecular flexibility index (Phi) is 3.43. The van der Waals surface area contributed by atoms with Crippen molar-refractivity contribution in [3.63, 3.8) is 0 Å². The predicted molar refractivity (Wildman–Crippen MR) is 31.4 cm³/mol. The van der Waals surface area contributed by atoms with Crippen LogP contribution < -0.4 is 11.1 Å². The molecule has 0 aromatic rings. The Hall–Kier alpha value is -1.06. The van der Waals surface area contributed by atoms with Crippen molar-refractivity contribution in [2.24, 2.45) is 0 Å². The number of nitrogens with one attached hydrogen (secondary N) is 2. The van der Waals surface area contributed by atoms with E-state index in [0.717, 1.165) is 0 Å². The smallest absolute Gasteiger partial charge is 0.240 e. The summed E-state index contributed by atoms with van der Waals surface area (Å²) in [5, 5.41) is 2.40. The van der Waals surface area contributed by atoms with Crippen LogP contribution in [0.2, 0.25) is 0 Å². The zero-order valence-corrected chi connectivity index (χ0v) is 5.23. The van der Waals surface area contributed by atoms with Gasteiger partial charge < -0.3 is 5.32 Å². The van der Waals surface area contributed by atoms with Crippen LogP contribution in [0.1, 0.15) is 13.3 Å². The van der Waals surface area contributed by atoms with E-state index in [1.807, 2.05) is 0 Å². The first-order valence-corrected chi connectivity index (χ1v) is 2.62. The number of amides is 2. The maximum Gasteiger partial charge on any atom is 0.240 e. The molecule has 0 aromatic carbocycles. The van der Waals surface area contributed by atoms with Gasteiger partial charge in [0.05, 0.1) is 0 Å². The highest BCUT2D eigenvalue weighted by molar-refractivity contribution is 5.75. The van der Waals surface area contributed by atoms with Gasteiger partial charge in [0.1, 0.15) is 0 Å². The van der Waals surface area contributed by atoms with Crippen LogP contribution in [-0.2, 0) is 9.59 Å². The fraction of sp³-hybridized carbons (Fsp3) is 0.600. The largest absolute Gasteiger partial charge is 0.356 e. The van der Waals surface area contributed by atoms with E-state index in [1.165, 1.54) is 6.92 Å². The Labute approximate surface area is 53.4 Å². The van der Waals surface area contributed by atoms with Crippen molar-refractivity contribution >= 4 is 11.8 Å². The van der Waals surface area contributed by atoms with E-state index >= 15 is 0 Å². The first-order valence-electron chi connectivity index (χ1n) is 2.62. The van der Waals surface area contributed by atoms with Crippen molar-refractivity contribution < 1.29 is 9.59 Å². The van der Waals surface area contributed by atoms with E-state index in [2.05, 4.69) is 5.32 Å². The van der Waals surface area contributed by atoms with Crippen molar-refractivity contribution in [2.45, 2.75) is 13.3 Å². The summed E-state index contributed by atoms with van der Waals surface area (Å²) in [6, 6.07) is 0. The van der Waals surface area contributed by atoms with Gasteiger partial charge in [-0.15, -0.1) is 0 Å². The van der Waals surface area contributed by atoms with Crippen LogP contribution in [0, 0.1) is 0 Å². The number of hydrogen-bond donors (Lipinski definition) is 1. The zero-order chi connectivity index (χ0) is 7.28. The average Bonchev–Trinajstić information content (AvgIpc) is 1.63. The minimum absolute atomic E-state index is 0.0968. The Balaban J connectivity index is 3.10. The summed E-state index contributed by atoms with van der Waals surface area (Å²) in [5.41, 5.74) is 6.43. The maximum absolute atomic E-state index is 10.1. The van der Waals surface area contributed by atoms with Crippen LogP contribution in [0.15, 0.2) is 0 Å². The van der Waals surface area contributed by atoms with Crippen molar-refractivity contribution in [1.82, 2.24) is 11.1 Å². The Bertz CT molecular complexity index is 108. The standard InChI is InChI=1S/C5H9N2O2/c1-4(8)7-3-2-5(6)9/h6H,2-3H2,1H3,(H,7,8). The minimum Gasteiger partial charge on any atom is -0.356 e. The van der Waals surface area contributed by atoms with Crippen molar-refractivity contribution in [3.8, 4) is 0 Å². The third kappa shape index (κ3) is 6.94. The second kappa shape index (κ2) is 3.88. The number of carbonyl (C=O) groups excluding carboxylic acids is 2. The van der Waals surface area contributed by atoms with Gasteiger partial charge in [-0.05, 0) is 0 Å². The van der Waals surface area contributed by atoms with Gasteiger partial charge in [0.2, 0.25) is 11.8 Å². The second-order valence-corrected chi connectivity index (χ2v) is 1.66. The molecule has 0 aliphatic carbocycles. The molecule has 0 bridgehead atoms. The molecule has 4 nitrogen and oxygen atoms in total. The molecule has 0 heterocycles. The second-order valence-electron chi connectivity index (χ2n) is 1.66. The molecule has 0 fully saturated rings. The third-order valence-electron chi connectivity index (χ3n) is 0.726. The van der Waals surface area contributed by atoms with Crippen molar-refractivity contribution in [3.05, 3.63) is 0 Å². The lowest BCUT2D eigenvalue weighted by atomic mass is 10.4. The maximum atomic E-state index is 10.1. The molecular weight excluding hydrogens is 120 g/mol. The summed E-state index contributed by atoms with van der Waals surface area (Å²) in [7, 11) is 0. The van der Waals surface area contributed by atoms with Crippen LogP contribution in [0.3, 0.4) is 0 Å². The third-order valence-corrected chi connectivity index (χ3v) is 0.726. The molecule has 4 heteroatoms. The molecule has 9 heavy (non-hydrogen) atoms. The van der Waals surface area contributed by atoms with E-state index in [9.17, 15) is 9.59 Å². The van der Waals surface area contributed by atoms with Gasteiger partial charge in [0.15, 0.2) is 0 Å². The first-order chi connectivity index (χ1) is 4.13. The van der Waals surface area contributed by atoms with Gasteiger partial charge in [-0.25, -0.2) is 0 Å². The van der Waals surface area contributed by atoms with Gasteiger partial charge >= 0.3 is 0 Å². The average molecular weight is 129 g/mol. The molecule has 0 rings (SSSR count). The summed E-state index contributed by atoms with van der Waals surface area (Å²) in [6.07, 6.45) is 0.0968. The topological polar surface area (TPSA) is 70.0 Å². The molecule has 0 saturated carbocycles. The quantitative estimate of drug-likeness (QED) is 0.548. The van der Waals surface area contributed by atoms with Crippen LogP contribution in [0.25, 0.3) is 0 Å². The molecular formula is C5H9N2O2. The number of rotatable bonds is 3. The van der Waals surface area contributed by atoms with E-state index in [0.29, 0.717) is 0 Å². The fourth-order valence-corrected chi connectivity index (χ4v) is 0.352. The van der Waals surface area contributed by atoms with Gasteiger partial charge in [-0.1, -0.05) is 0 Å². The summed E-state index contributed by atoms with van der Waals surface area (Å²) >= 11 is 0. The van der Waals surface area contributed by atoms with Gasteiger partial charge in [-0.3, -0.25) is 15.3 Å². The summed E-state index contributed by atoms with van der Waals surface area (Å²) in [5.74, 6) is -0.819. The van der Waals surface area contributed by atoms with Crippen LogP contribution in [-0.4, -0.2) is 18.4 Å². The first kappa shape index (κ1) is 7.94. The lowest BCUT2D eigenvalue weighted by molar-refractivity contribution is -0.119. The minimum atomic E-state index is -0.649. The Morgan fingerprint density at radius 1 is 1.56 bits per heavy atom. The van der Waals surface area contributed by atoms with E-state index in [4.69, 9.17) is 5.73 Å². The monoisotopic (exact) mass is 129 g/mol. The lowest BCUT2D eigenvalue weighted by Crippen LogP contribution is -2.23. The summed E-state index contributed by atoms with van der Waals surface area (Å²) < 4.78 is 0. The molecule has 0 aromatic heterocycles. The van der Waals surface area contributed by atoms with E-state index < -0.39 is 5.91 Å². The van der Waals surface area contributed by atoms with Gasteiger partial charge in [0.25, 0.3) is 0 Å². The molecule has 0 unspecified atom stereocenters.